The number of amides is 1. The van der Waals surface area contributed by atoms with Crippen molar-refractivity contribution in [2.24, 2.45) is 5.92 Å². The lowest BCUT2D eigenvalue weighted by Crippen LogP contribution is -2.52. The van der Waals surface area contributed by atoms with Crippen molar-refractivity contribution < 1.29 is 4.79 Å². The van der Waals surface area contributed by atoms with Gasteiger partial charge in [0.2, 0.25) is 5.91 Å². The van der Waals surface area contributed by atoms with Crippen LogP contribution in [0.3, 0.4) is 0 Å². The van der Waals surface area contributed by atoms with Crippen molar-refractivity contribution in [1.82, 2.24) is 14.8 Å². The average molecular weight is 458 g/mol. The second kappa shape index (κ2) is 8.01. The highest BCUT2D eigenvalue weighted by Gasteiger charge is 2.35. The minimum absolute atomic E-state index is 0.0645. The largest absolute Gasteiger partial charge is 0.348 e. The number of nitrogens with one attached hydrogen (secondary N) is 1. The van der Waals surface area contributed by atoms with Gasteiger partial charge in [-0.2, -0.15) is 0 Å². The number of hydrogen-bond acceptors (Lipinski definition) is 3. The number of benzene rings is 1. The zero-order valence-corrected chi connectivity index (χ0v) is 17.6. The number of halogens is 1. The third kappa shape index (κ3) is 4.10. The molecule has 1 amide bonds. The van der Waals surface area contributed by atoms with Gasteiger partial charge in [-0.15, -0.1) is 0 Å². The molecule has 0 saturated carbocycles. The van der Waals surface area contributed by atoms with Crippen LogP contribution in [0.15, 0.2) is 57.8 Å². The number of piperidine rings is 1. The number of carbonyl (C=O) groups is 1. The summed E-state index contributed by atoms with van der Waals surface area (Å²) >= 11 is 8.88. The van der Waals surface area contributed by atoms with Crippen molar-refractivity contribution in [1.29, 1.82) is 0 Å². The summed E-state index contributed by atoms with van der Waals surface area (Å²) in [5, 5.41) is 3.26. The van der Waals surface area contributed by atoms with Crippen LogP contribution in [-0.2, 0) is 11.3 Å². The Balaban J connectivity index is 1.40. The van der Waals surface area contributed by atoms with Crippen LogP contribution >= 0.6 is 28.1 Å². The minimum atomic E-state index is -0.236. The number of carbonyl (C=O) groups excluding carboxylic acids is 1. The molecule has 2 aliphatic heterocycles. The molecule has 2 aliphatic rings. The van der Waals surface area contributed by atoms with Gasteiger partial charge in [-0.25, -0.2) is 0 Å². The summed E-state index contributed by atoms with van der Waals surface area (Å²) in [5.74, 6) is 0.384. The van der Waals surface area contributed by atoms with Crippen molar-refractivity contribution in [3.05, 3.63) is 74.6 Å². The van der Waals surface area contributed by atoms with E-state index in [0.29, 0.717) is 17.6 Å². The van der Waals surface area contributed by atoms with E-state index in [4.69, 9.17) is 12.2 Å². The van der Waals surface area contributed by atoms with E-state index in [9.17, 15) is 9.59 Å². The Hall–Kier alpha value is -2.25. The van der Waals surface area contributed by atoms with E-state index in [1.165, 1.54) is 6.08 Å². The van der Waals surface area contributed by atoms with Gasteiger partial charge in [-0.3, -0.25) is 14.9 Å². The van der Waals surface area contributed by atoms with Gasteiger partial charge in [-0.05, 0) is 54.4 Å². The van der Waals surface area contributed by atoms with E-state index in [-0.39, 0.29) is 17.4 Å². The summed E-state index contributed by atoms with van der Waals surface area (Å²) in [6.45, 7) is 2.18. The molecule has 0 radical (unpaired) electrons. The van der Waals surface area contributed by atoms with Gasteiger partial charge < -0.3 is 9.47 Å². The number of likely N-dealkylation sites (tertiary alicyclic amines) is 1. The summed E-state index contributed by atoms with van der Waals surface area (Å²) in [7, 11) is 0. The molecule has 4 rings (SSSR count). The lowest BCUT2D eigenvalue weighted by Gasteiger charge is -2.43. The van der Waals surface area contributed by atoms with Crippen molar-refractivity contribution in [2.75, 3.05) is 13.1 Å². The predicted octanol–water partition coefficient (Wildman–Crippen LogP) is 3.14. The molecule has 2 aromatic rings. The quantitative estimate of drug-likeness (QED) is 0.555. The number of nitrogens with zero attached hydrogens (tertiary/aromatic N) is 2. The summed E-state index contributed by atoms with van der Waals surface area (Å²) in [5.41, 5.74) is 2.08. The average Bonchev–Trinajstić information content (AvgIpc) is 2.68. The van der Waals surface area contributed by atoms with E-state index in [2.05, 4.69) is 26.1 Å². The molecular formula is C21H20BrN3O2S. The monoisotopic (exact) mass is 457 g/mol. The second-order valence-corrected chi connectivity index (χ2v) is 8.58. The molecule has 1 N–H and O–H groups in total. The van der Waals surface area contributed by atoms with E-state index in [1.54, 1.807) is 12.1 Å². The lowest BCUT2D eigenvalue weighted by atomic mass is 9.83. The summed E-state index contributed by atoms with van der Waals surface area (Å²) < 4.78 is 2.88. The highest BCUT2D eigenvalue weighted by molar-refractivity contribution is 9.10. The molecular weight excluding hydrogens is 438 g/mol. The molecule has 1 aromatic carbocycles. The van der Waals surface area contributed by atoms with Crippen LogP contribution in [-0.4, -0.2) is 33.6 Å². The molecule has 0 spiro atoms. The highest BCUT2D eigenvalue weighted by Crippen LogP contribution is 2.34. The molecule has 3 heterocycles. The van der Waals surface area contributed by atoms with E-state index < -0.39 is 0 Å². The van der Waals surface area contributed by atoms with Crippen LogP contribution in [0.25, 0.3) is 6.08 Å². The predicted molar refractivity (Wildman–Crippen MR) is 117 cm³/mol. The van der Waals surface area contributed by atoms with Crippen molar-refractivity contribution in [3.8, 4) is 0 Å². The first-order chi connectivity index (χ1) is 13.5. The number of rotatable bonds is 2. The van der Waals surface area contributed by atoms with E-state index in [1.807, 2.05) is 41.0 Å². The zero-order chi connectivity index (χ0) is 19.7. The third-order valence-corrected chi connectivity index (χ3v) is 6.18. The molecule has 1 fully saturated rings. The van der Waals surface area contributed by atoms with E-state index in [0.717, 1.165) is 35.2 Å². The number of fused-ring (bicyclic) bond motifs is 4. The summed E-state index contributed by atoms with van der Waals surface area (Å²) in [4.78, 5) is 26.4. The maximum absolute atomic E-state index is 12.3. The number of thiocarbonyl (C=S) groups is 1. The third-order valence-electron chi connectivity index (χ3n) is 5.29. The van der Waals surface area contributed by atoms with Gasteiger partial charge in [0.25, 0.3) is 5.56 Å². The Morgan fingerprint density at radius 3 is 2.71 bits per heavy atom. The smallest absolute Gasteiger partial charge is 0.250 e. The zero-order valence-electron chi connectivity index (χ0n) is 15.2. The van der Waals surface area contributed by atoms with Crippen LogP contribution in [0, 0.1) is 5.92 Å². The first kappa shape index (κ1) is 19.1. The Morgan fingerprint density at radius 1 is 1.14 bits per heavy atom. The molecule has 2 bridgehead atoms. The summed E-state index contributed by atoms with van der Waals surface area (Å²) in [6.07, 6.45) is 4.31. The van der Waals surface area contributed by atoms with Crippen LogP contribution in [0.4, 0.5) is 0 Å². The number of hydrogen-bond donors (Lipinski definition) is 1. The van der Waals surface area contributed by atoms with Gasteiger partial charge >= 0.3 is 0 Å². The maximum Gasteiger partial charge on any atom is 0.250 e. The van der Waals surface area contributed by atoms with Gasteiger partial charge in [0, 0.05) is 47.9 Å². The van der Waals surface area contributed by atoms with Gasteiger partial charge in [0.05, 0.1) is 0 Å². The molecule has 0 aliphatic carbocycles. The minimum Gasteiger partial charge on any atom is -0.348 e. The van der Waals surface area contributed by atoms with Gasteiger partial charge in [-0.1, -0.05) is 34.1 Å². The fourth-order valence-electron chi connectivity index (χ4n) is 4.03. The van der Waals surface area contributed by atoms with Crippen molar-refractivity contribution in [3.63, 3.8) is 0 Å². The SMILES string of the molecule is O=C(/C=C/c1ccc(Br)cc1)NC(=S)N1CC2CC(C1)c1cccc(=O)n1C2. The van der Waals surface area contributed by atoms with Crippen LogP contribution < -0.4 is 10.9 Å². The molecule has 28 heavy (non-hydrogen) atoms. The maximum atomic E-state index is 12.3. The Morgan fingerprint density at radius 2 is 1.93 bits per heavy atom. The fourth-order valence-corrected chi connectivity index (χ4v) is 4.55. The molecule has 1 aromatic heterocycles. The molecule has 2 unspecified atom stereocenters. The van der Waals surface area contributed by atoms with E-state index >= 15 is 0 Å². The topological polar surface area (TPSA) is 54.3 Å². The molecule has 7 heteroatoms. The Labute approximate surface area is 177 Å². The van der Waals surface area contributed by atoms with Crippen LogP contribution in [0.2, 0.25) is 0 Å². The summed E-state index contributed by atoms with van der Waals surface area (Å²) in [6, 6.07) is 13.2. The van der Waals surface area contributed by atoms with Gasteiger partial charge in [0.1, 0.15) is 0 Å². The van der Waals surface area contributed by atoms with Crippen molar-refractivity contribution in [2.45, 2.75) is 18.9 Å². The van der Waals surface area contributed by atoms with Crippen LogP contribution in [0.5, 0.6) is 0 Å². The fraction of sp³-hybridized carbons (Fsp3) is 0.286. The first-order valence-corrected chi connectivity index (χ1v) is 10.4. The first-order valence-electron chi connectivity index (χ1n) is 9.23. The lowest BCUT2D eigenvalue weighted by molar-refractivity contribution is -0.115. The van der Waals surface area contributed by atoms with Crippen molar-refractivity contribution >= 4 is 45.2 Å². The Bertz CT molecular complexity index is 999. The molecule has 5 nitrogen and oxygen atoms in total. The standard InChI is InChI=1S/C21H20BrN3O2S/c22-17-7-4-14(5-8-17)6-9-19(26)23-21(28)24-11-15-10-16(13-24)18-2-1-3-20(27)25(18)12-15/h1-9,15-16H,10-13H2,(H,23,26,28)/b9-6+. The Kier molecular flexibility index (Phi) is 5.46. The second-order valence-electron chi connectivity index (χ2n) is 7.28. The van der Waals surface area contributed by atoms with Gasteiger partial charge in [0.15, 0.2) is 5.11 Å². The highest BCUT2D eigenvalue weighted by atomic mass is 79.9. The molecule has 1 saturated heterocycles. The molecule has 144 valence electrons. The number of aromatic nitrogens is 1. The molecule has 2 atom stereocenters. The normalized spacial score (nSPS) is 20.7. The number of pyridine rings is 1. The van der Waals surface area contributed by atoms with Crippen LogP contribution in [0.1, 0.15) is 23.6 Å².